The summed E-state index contributed by atoms with van der Waals surface area (Å²) in [6.07, 6.45) is -0.102. The van der Waals surface area contributed by atoms with E-state index in [0.717, 1.165) is 0 Å². The normalized spacial score (nSPS) is 21.1. The molecule has 2 rings (SSSR count). The first-order valence-corrected chi connectivity index (χ1v) is 6.98. The molecule has 1 heterocycles. The monoisotopic (exact) mass is 312 g/mol. The Hall–Kier alpha value is -1.66. The van der Waals surface area contributed by atoms with Gasteiger partial charge in [-0.3, -0.25) is 14.9 Å². The molecule has 1 aliphatic rings. The van der Waals surface area contributed by atoms with Gasteiger partial charge in [0.25, 0.3) is 11.6 Å². The summed E-state index contributed by atoms with van der Waals surface area (Å²) in [5.74, 6) is -0.313. The van der Waals surface area contributed by atoms with E-state index < -0.39 is 10.5 Å². The number of morpholine rings is 1. The second-order valence-electron chi connectivity index (χ2n) is 5.80. The van der Waals surface area contributed by atoms with Gasteiger partial charge in [0.15, 0.2) is 0 Å². The van der Waals surface area contributed by atoms with Crippen LogP contribution in [0.4, 0.5) is 5.69 Å². The Morgan fingerprint density at radius 2 is 2.19 bits per heavy atom. The summed E-state index contributed by atoms with van der Waals surface area (Å²) >= 11 is 6.02. The van der Waals surface area contributed by atoms with Gasteiger partial charge in [0.2, 0.25) is 0 Å². The third-order valence-electron chi connectivity index (χ3n) is 3.25. The number of amides is 1. The molecule has 1 fully saturated rings. The van der Waals surface area contributed by atoms with Crippen molar-refractivity contribution in [3.63, 3.8) is 0 Å². The lowest BCUT2D eigenvalue weighted by molar-refractivity contribution is -0.384. The molecule has 0 radical (unpaired) electrons. The molecule has 1 unspecified atom stereocenters. The van der Waals surface area contributed by atoms with E-state index >= 15 is 0 Å². The van der Waals surface area contributed by atoms with Crippen LogP contribution in [0, 0.1) is 10.1 Å². The third-order valence-corrected chi connectivity index (χ3v) is 3.58. The first kappa shape index (κ1) is 15.7. The first-order chi connectivity index (χ1) is 9.69. The average Bonchev–Trinajstić information content (AvgIpc) is 2.35. The highest BCUT2D eigenvalue weighted by Gasteiger charge is 2.34. The van der Waals surface area contributed by atoms with Crippen molar-refractivity contribution in [2.24, 2.45) is 0 Å². The SMILES string of the molecule is CC1CN(C(=O)c2cc([N+](=O)[O-])ccc2Cl)CC(C)(C)O1. The molecule has 1 aromatic rings. The smallest absolute Gasteiger partial charge is 0.270 e. The van der Waals surface area contributed by atoms with Crippen LogP contribution in [0.2, 0.25) is 5.02 Å². The molecule has 0 N–H and O–H groups in total. The Morgan fingerprint density at radius 1 is 1.52 bits per heavy atom. The quantitative estimate of drug-likeness (QED) is 0.621. The lowest BCUT2D eigenvalue weighted by Crippen LogP contribution is -2.53. The van der Waals surface area contributed by atoms with Gasteiger partial charge in [0, 0.05) is 25.2 Å². The molecule has 1 amide bonds. The summed E-state index contributed by atoms with van der Waals surface area (Å²) in [5, 5.41) is 11.0. The van der Waals surface area contributed by atoms with Crippen molar-refractivity contribution in [3.8, 4) is 0 Å². The molecule has 6 nitrogen and oxygen atoms in total. The van der Waals surface area contributed by atoms with Gasteiger partial charge in [-0.15, -0.1) is 0 Å². The topological polar surface area (TPSA) is 72.7 Å². The minimum atomic E-state index is -0.543. The average molecular weight is 313 g/mol. The van der Waals surface area contributed by atoms with Crippen LogP contribution in [0.1, 0.15) is 31.1 Å². The molecule has 21 heavy (non-hydrogen) atoms. The van der Waals surface area contributed by atoms with Crippen LogP contribution in [-0.4, -0.2) is 40.5 Å². The molecule has 1 saturated heterocycles. The molecule has 1 aromatic carbocycles. The predicted octanol–water partition coefficient (Wildman–Crippen LogP) is 2.89. The second kappa shape index (κ2) is 5.61. The number of non-ortho nitro benzene ring substituents is 1. The van der Waals surface area contributed by atoms with Crippen LogP contribution in [0.5, 0.6) is 0 Å². The number of hydrogen-bond acceptors (Lipinski definition) is 4. The highest BCUT2D eigenvalue weighted by Crippen LogP contribution is 2.27. The molecule has 1 aliphatic heterocycles. The largest absolute Gasteiger partial charge is 0.369 e. The van der Waals surface area contributed by atoms with E-state index in [4.69, 9.17) is 16.3 Å². The minimum absolute atomic E-state index is 0.102. The van der Waals surface area contributed by atoms with E-state index in [1.54, 1.807) is 4.90 Å². The maximum Gasteiger partial charge on any atom is 0.270 e. The fourth-order valence-corrected chi connectivity index (χ4v) is 2.77. The standard InChI is InChI=1S/C14H17ClN2O4/c1-9-7-16(8-14(2,3)21-9)13(18)11-6-10(17(19)20)4-5-12(11)15/h4-6,9H,7-8H2,1-3H3. The highest BCUT2D eigenvalue weighted by molar-refractivity contribution is 6.33. The Kier molecular flexibility index (Phi) is 4.20. The van der Waals surface area contributed by atoms with Crippen molar-refractivity contribution in [1.82, 2.24) is 4.90 Å². The summed E-state index contributed by atoms with van der Waals surface area (Å²) in [6.45, 7) is 6.53. The van der Waals surface area contributed by atoms with E-state index in [-0.39, 0.29) is 28.3 Å². The maximum absolute atomic E-state index is 12.6. The maximum atomic E-state index is 12.6. The Labute approximate surface area is 127 Å². The van der Waals surface area contributed by atoms with Crippen LogP contribution in [0.15, 0.2) is 18.2 Å². The Bertz CT molecular complexity index is 588. The summed E-state index contributed by atoms with van der Waals surface area (Å²) in [4.78, 5) is 24.5. The van der Waals surface area contributed by atoms with E-state index in [1.807, 2.05) is 20.8 Å². The van der Waals surface area contributed by atoms with E-state index in [0.29, 0.717) is 13.1 Å². The molecule has 0 aromatic heterocycles. The molecule has 114 valence electrons. The van der Waals surface area contributed by atoms with Crippen LogP contribution in [0.25, 0.3) is 0 Å². The molecule has 0 aliphatic carbocycles. The van der Waals surface area contributed by atoms with Crippen molar-refractivity contribution in [1.29, 1.82) is 0 Å². The molecular weight excluding hydrogens is 296 g/mol. The van der Waals surface area contributed by atoms with Gasteiger partial charge >= 0.3 is 0 Å². The van der Waals surface area contributed by atoms with E-state index in [1.165, 1.54) is 18.2 Å². The summed E-state index contributed by atoms with van der Waals surface area (Å²) in [6, 6.07) is 3.88. The summed E-state index contributed by atoms with van der Waals surface area (Å²) in [7, 11) is 0. The third kappa shape index (κ3) is 3.51. The van der Waals surface area contributed by atoms with Crippen LogP contribution >= 0.6 is 11.6 Å². The van der Waals surface area contributed by atoms with Gasteiger partial charge in [-0.1, -0.05) is 11.6 Å². The number of carbonyl (C=O) groups is 1. The van der Waals surface area contributed by atoms with Crippen molar-refractivity contribution in [2.75, 3.05) is 13.1 Å². The Balaban J connectivity index is 2.31. The van der Waals surface area contributed by atoms with E-state index in [9.17, 15) is 14.9 Å². The number of rotatable bonds is 2. The van der Waals surface area contributed by atoms with Crippen molar-refractivity contribution < 1.29 is 14.5 Å². The molecular formula is C14H17ClN2O4. The van der Waals surface area contributed by atoms with E-state index in [2.05, 4.69) is 0 Å². The van der Waals surface area contributed by atoms with Gasteiger partial charge in [0.05, 0.1) is 27.2 Å². The van der Waals surface area contributed by atoms with Gasteiger partial charge < -0.3 is 9.64 Å². The zero-order chi connectivity index (χ0) is 15.8. The fraction of sp³-hybridized carbons (Fsp3) is 0.500. The number of nitro benzene ring substituents is 1. The molecule has 7 heteroatoms. The number of nitro groups is 1. The molecule has 1 atom stereocenters. The summed E-state index contributed by atoms with van der Waals surface area (Å²) in [5.41, 5.74) is -0.459. The number of halogens is 1. The number of carbonyl (C=O) groups excluding carboxylic acids is 1. The zero-order valence-electron chi connectivity index (χ0n) is 12.1. The molecule has 0 spiro atoms. The number of nitrogens with zero attached hydrogens (tertiary/aromatic N) is 2. The Morgan fingerprint density at radius 3 is 2.76 bits per heavy atom. The van der Waals surface area contributed by atoms with Crippen molar-refractivity contribution >= 4 is 23.2 Å². The van der Waals surface area contributed by atoms with Gasteiger partial charge in [-0.25, -0.2) is 0 Å². The van der Waals surface area contributed by atoms with Crippen LogP contribution in [-0.2, 0) is 4.74 Å². The van der Waals surface area contributed by atoms with Gasteiger partial charge in [0.1, 0.15) is 0 Å². The van der Waals surface area contributed by atoms with Gasteiger partial charge in [-0.2, -0.15) is 0 Å². The lowest BCUT2D eigenvalue weighted by Gasteiger charge is -2.41. The van der Waals surface area contributed by atoms with Crippen LogP contribution in [0.3, 0.4) is 0 Å². The lowest BCUT2D eigenvalue weighted by atomic mass is 10.0. The van der Waals surface area contributed by atoms with Crippen molar-refractivity contribution in [3.05, 3.63) is 38.9 Å². The zero-order valence-corrected chi connectivity index (χ0v) is 12.9. The fourth-order valence-electron chi connectivity index (χ4n) is 2.57. The number of benzene rings is 1. The predicted molar refractivity (Wildman–Crippen MR) is 78.6 cm³/mol. The number of hydrogen-bond donors (Lipinski definition) is 0. The second-order valence-corrected chi connectivity index (χ2v) is 6.20. The van der Waals surface area contributed by atoms with Crippen molar-refractivity contribution in [2.45, 2.75) is 32.5 Å². The van der Waals surface area contributed by atoms with Gasteiger partial charge in [-0.05, 0) is 26.8 Å². The summed E-state index contributed by atoms with van der Waals surface area (Å²) < 4.78 is 5.75. The highest BCUT2D eigenvalue weighted by atomic mass is 35.5. The number of ether oxygens (including phenoxy) is 1. The van der Waals surface area contributed by atoms with Crippen LogP contribution < -0.4 is 0 Å². The minimum Gasteiger partial charge on any atom is -0.369 e. The molecule has 0 bridgehead atoms. The molecule has 0 saturated carbocycles. The first-order valence-electron chi connectivity index (χ1n) is 6.60.